The molecule has 5 heteroatoms. The Morgan fingerprint density at radius 1 is 1.25 bits per heavy atom. The van der Waals surface area contributed by atoms with Gasteiger partial charge in [0.1, 0.15) is 0 Å². The third-order valence-corrected chi connectivity index (χ3v) is 5.46. The van der Waals surface area contributed by atoms with Crippen LogP contribution in [0.1, 0.15) is 16.9 Å². The van der Waals surface area contributed by atoms with Gasteiger partial charge in [-0.3, -0.25) is 9.69 Å². The number of benzene rings is 1. The van der Waals surface area contributed by atoms with Gasteiger partial charge in [0, 0.05) is 36.5 Å². The SMILES string of the molecule is O=C(Cc1cccs1)NC1CN(Cc2ccccc2)CCC1CO. The Morgan fingerprint density at radius 2 is 2.08 bits per heavy atom. The van der Waals surface area contributed by atoms with Crippen LogP contribution >= 0.6 is 11.3 Å². The summed E-state index contributed by atoms with van der Waals surface area (Å²) in [4.78, 5) is 15.7. The summed E-state index contributed by atoms with van der Waals surface area (Å²) in [6.07, 6.45) is 1.33. The average Bonchev–Trinajstić information content (AvgIpc) is 3.09. The second kappa shape index (κ2) is 8.42. The van der Waals surface area contributed by atoms with Gasteiger partial charge in [0.05, 0.1) is 6.42 Å². The number of nitrogens with zero attached hydrogens (tertiary/aromatic N) is 1. The number of piperidine rings is 1. The molecular weight excluding hydrogens is 320 g/mol. The van der Waals surface area contributed by atoms with Crippen molar-refractivity contribution < 1.29 is 9.90 Å². The molecule has 1 aliphatic rings. The summed E-state index contributed by atoms with van der Waals surface area (Å²) in [5.41, 5.74) is 1.28. The number of rotatable bonds is 6. The first-order valence-corrected chi connectivity index (χ1v) is 9.31. The Balaban J connectivity index is 1.57. The standard InChI is InChI=1S/C19H24N2O2S/c22-14-16-8-9-21(12-15-5-2-1-3-6-15)13-18(16)20-19(23)11-17-7-4-10-24-17/h1-7,10,16,18,22H,8-9,11-14H2,(H,20,23). The molecule has 2 unspecified atom stereocenters. The maximum atomic E-state index is 12.3. The van der Waals surface area contributed by atoms with Gasteiger partial charge in [0.15, 0.2) is 0 Å². The van der Waals surface area contributed by atoms with Crippen LogP contribution in [0.2, 0.25) is 0 Å². The number of likely N-dealkylation sites (tertiary alicyclic amines) is 1. The third kappa shape index (κ3) is 4.66. The molecule has 2 heterocycles. The van der Waals surface area contributed by atoms with Gasteiger partial charge in [-0.25, -0.2) is 0 Å². The van der Waals surface area contributed by atoms with E-state index in [1.54, 1.807) is 11.3 Å². The third-order valence-electron chi connectivity index (χ3n) is 4.58. The number of carbonyl (C=O) groups is 1. The molecule has 1 saturated heterocycles. The first-order valence-electron chi connectivity index (χ1n) is 8.43. The molecule has 0 radical (unpaired) electrons. The number of hydrogen-bond donors (Lipinski definition) is 2. The number of aliphatic hydroxyl groups excluding tert-OH is 1. The predicted octanol–water partition coefficient (Wildman–Crippen LogP) is 2.29. The van der Waals surface area contributed by atoms with Crippen molar-refractivity contribution in [2.24, 2.45) is 5.92 Å². The zero-order valence-electron chi connectivity index (χ0n) is 13.7. The van der Waals surface area contributed by atoms with E-state index in [0.717, 1.165) is 30.9 Å². The number of aliphatic hydroxyl groups is 1. The van der Waals surface area contributed by atoms with E-state index < -0.39 is 0 Å². The van der Waals surface area contributed by atoms with Gasteiger partial charge in [0.2, 0.25) is 5.91 Å². The monoisotopic (exact) mass is 344 g/mol. The molecular formula is C19H24N2O2S. The van der Waals surface area contributed by atoms with Crippen molar-refractivity contribution in [2.45, 2.75) is 25.4 Å². The predicted molar refractivity (Wildman–Crippen MR) is 96.9 cm³/mol. The number of thiophene rings is 1. The summed E-state index contributed by atoms with van der Waals surface area (Å²) < 4.78 is 0. The lowest BCUT2D eigenvalue weighted by Gasteiger charge is -2.38. The Kier molecular flexibility index (Phi) is 6.01. The van der Waals surface area contributed by atoms with Gasteiger partial charge in [-0.2, -0.15) is 0 Å². The van der Waals surface area contributed by atoms with E-state index >= 15 is 0 Å². The molecule has 0 aliphatic carbocycles. The van der Waals surface area contributed by atoms with Gasteiger partial charge in [-0.15, -0.1) is 11.3 Å². The first-order chi connectivity index (χ1) is 11.7. The maximum Gasteiger partial charge on any atom is 0.225 e. The molecule has 128 valence electrons. The fraction of sp³-hybridized carbons (Fsp3) is 0.421. The van der Waals surface area contributed by atoms with Crippen molar-refractivity contribution in [1.29, 1.82) is 0 Å². The Hall–Kier alpha value is -1.69. The van der Waals surface area contributed by atoms with Crippen molar-refractivity contribution >= 4 is 17.2 Å². The summed E-state index contributed by atoms with van der Waals surface area (Å²) in [6, 6.07) is 14.3. The molecule has 2 aromatic rings. The fourth-order valence-corrected chi connectivity index (χ4v) is 3.97. The van der Waals surface area contributed by atoms with Crippen LogP contribution in [0.25, 0.3) is 0 Å². The highest BCUT2D eigenvalue weighted by atomic mass is 32.1. The van der Waals surface area contributed by atoms with E-state index in [1.807, 2.05) is 23.6 Å². The minimum atomic E-state index is 0.0138. The summed E-state index contributed by atoms with van der Waals surface area (Å²) in [6.45, 7) is 2.76. The summed E-state index contributed by atoms with van der Waals surface area (Å²) >= 11 is 1.60. The zero-order valence-corrected chi connectivity index (χ0v) is 14.5. The summed E-state index contributed by atoms with van der Waals surface area (Å²) in [5, 5.41) is 14.8. The fourth-order valence-electron chi connectivity index (χ4n) is 3.26. The molecule has 1 aromatic heterocycles. The summed E-state index contributed by atoms with van der Waals surface area (Å²) in [7, 11) is 0. The van der Waals surface area contributed by atoms with E-state index in [0.29, 0.717) is 6.42 Å². The van der Waals surface area contributed by atoms with Crippen LogP contribution in [0.5, 0.6) is 0 Å². The molecule has 24 heavy (non-hydrogen) atoms. The van der Waals surface area contributed by atoms with Crippen molar-refractivity contribution in [2.75, 3.05) is 19.7 Å². The van der Waals surface area contributed by atoms with Crippen LogP contribution in [-0.2, 0) is 17.8 Å². The van der Waals surface area contributed by atoms with Crippen LogP contribution < -0.4 is 5.32 Å². The number of hydrogen-bond acceptors (Lipinski definition) is 4. The molecule has 0 saturated carbocycles. The molecule has 2 N–H and O–H groups in total. The molecule has 1 aliphatic heterocycles. The molecule has 1 amide bonds. The maximum absolute atomic E-state index is 12.3. The Morgan fingerprint density at radius 3 is 2.79 bits per heavy atom. The van der Waals surface area contributed by atoms with Gasteiger partial charge < -0.3 is 10.4 Å². The van der Waals surface area contributed by atoms with Crippen LogP contribution in [-0.4, -0.2) is 41.7 Å². The highest BCUT2D eigenvalue weighted by Gasteiger charge is 2.29. The van der Waals surface area contributed by atoms with Crippen LogP contribution in [0.3, 0.4) is 0 Å². The zero-order chi connectivity index (χ0) is 16.8. The summed E-state index contributed by atoms with van der Waals surface area (Å²) in [5.74, 6) is 0.187. The van der Waals surface area contributed by atoms with Crippen molar-refractivity contribution in [3.05, 3.63) is 58.3 Å². The van der Waals surface area contributed by atoms with E-state index in [2.05, 4.69) is 34.5 Å². The smallest absolute Gasteiger partial charge is 0.225 e. The average molecular weight is 344 g/mol. The van der Waals surface area contributed by atoms with Crippen LogP contribution in [0.4, 0.5) is 0 Å². The second-order valence-corrected chi connectivity index (χ2v) is 7.41. The molecule has 1 fully saturated rings. The number of amides is 1. The number of carbonyl (C=O) groups excluding carboxylic acids is 1. The Labute approximate surface area is 147 Å². The van der Waals surface area contributed by atoms with Crippen molar-refractivity contribution in [1.82, 2.24) is 10.2 Å². The van der Waals surface area contributed by atoms with E-state index in [1.165, 1.54) is 5.56 Å². The molecule has 0 spiro atoms. The Bertz CT molecular complexity index is 630. The van der Waals surface area contributed by atoms with Gasteiger partial charge in [-0.05, 0) is 30.0 Å². The van der Waals surface area contributed by atoms with Gasteiger partial charge in [0.25, 0.3) is 0 Å². The lowest BCUT2D eigenvalue weighted by atomic mass is 9.91. The largest absolute Gasteiger partial charge is 0.396 e. The quantitative estimate of drug-likeness (QED) is 0.845. The van der Waals surface area contributed by atoms with Crippen LogP contribution in [0, 0.1) is 5.92 Å². The molecule has 0 bridgehead atoms. The lowest BCUT2D eigenvalue weighted by Crippen LogP contribution is -2.53. The molecule has 1 aromatic carbocycles. The van der Waals surface area contributed by atoms with E-state index in [4.69, 9.17) is 0 Å². The first kappa shape index (κ1) is 17.1. The van der Waals surface area contributed by atoms with Gasteiger partial charge >= 0.3 is 0 Å². The molecule has 2 atom stereocenters. The second-order valence-electron chi connectivity index (χ2n) is 6.38. The van der Waals surface area contributed by atoms with Crippen molar-refractivity contribution in [3.8, 4) is 0 Å². The molecule has 3 rings (SSSR count). The van der Waals surface area contributed by atoms with E-state index in [9.17, 15) is 9.90 Å². The highest BCUT2D eigenvalue weighted by Crippen LogP contribution is 2.20. The van der Waals surface area contributed by atoms with E-state index in [-0.39, 0.29) is 24.5 Å². The minimum Gasteiger partial charge on any atom is -0.396 e. The van der Waals surface area contributed by atoms with Gasteiger partial charge in [-0.1, -0.05) is 36.4 Å². The van der Waals surface area contributed by atoms with Crippen molar-refractivity contribution in [3.63, 3.8) is 0 Å². The minimum absolute atomic E-state index is 0.0138. The topological polar surface area (TPSA) is 52.6 Å². The number of nitrogens with one attached hydrogen (secondary N) is 1. The normalized spacial score (nSPS) is 21.5. The molecule has 4 nitrogen and oxygen atoms in total. The lowest BCUT2D eigenvalue weighted by molar-refractivity contribution is -0.122. The highest BCUT2D eigenvalue weighted by molar-refractivity contribution is 7.10. The van der Waals surface area contributed by atoms with Crippen LogP contribution in [0.15, 0.2) is 47.8 Å².